The molecule has 1 aliphatic rings. The number of carbonyl (C=O) groups excluding carboxylic acids is 2. The van der Waals surface area contributed by atoms with E-state index in [1.54, 1.807) is 36.4 Å². The third kappa shape index (κ3) is 8.47. The molecule has 0 unspecified atom stereocenters. The Morgan fingerprint density at radius 3 is 2.08 bits per heavy atom. The van der Waals surface area contributed by atoms with Crippen LogP contribution in [0.2, 0.25) is 0 Å². The van der Waals surface area contributed by atoms with Gasteiger partial charge in [-0.3, -0.25) is 4.79 Å². The molecule has 13 nitrogen and oxygen atoms in total. The summed E-state index contributed by atoms with van der Waals surface area (Å²) >= 11 is 0. The van der Waals surface area contributed by atoms with Crippen LogP contribution in [0.25, 0.3) is 34.4 Å². The zero-order valence-corrected chi connectivity index (χ0v) is 27.1. The monoisotopic (exact) mass is 708 g/mol. The highest BCUT2D eigenvalue weighted by Crippen LogP contribution is 2.34. The second kappa shape index (κ2) is 15.6. The zero-order valence-electron chi connectivity index (χ0n) is 27.1. The number of phenolic OH excluding ortho intramolecular Hbond substituents is 3. The summed E-state index contributed by atoms with van der Waals surface area (Å²) in [6.45, 7) is -0.545. The largest absolute Gasteiger partial charge is 0.508 e. The molecule has 4 aromatic carbocycles. The molecule has 6 rings (SSSR count). The SMILES string of the molecule is O=C(/C=C/c1ccccc1)OC[C@H]1O[C@@H](Oc2cc(O)c3c(=O)cc(-c4ccc(O)cc4)oc3c2)[C@H](O)[C@@H](OC(=O)/C=C/c2ccc(O)cc2)[C@@H]1O. The average Bonchev–Trinajstić information content (AvgIpc) is 3.13. The fourth-order valence-electron chi connectivity index (χ4n) is 5.35. The van der Waals surface area contributed by atoms with Crippen LogP contribution in [-0.4, -0.2) is 74.8 Å². The first-order valence-corrected chi connectivity index (χ1v) is 15.9. The Kier molecular flexibility index (Phi) is 10.7. The van der Waals surface area contributed by atoms with Crippen LogP contribution >= 0.6 is 0 Å². The summed E-state index contributed by atoms with van der Waals surface area (Å²) in [6, 6.07) is 24.3. The number of benzene rings is 4. The normalized spacial score (nSPS) is 20.2. The fraction of sp³-hybridized carbons (Fsp3) is 0.154. The van der Waals surface area contributed by atoms with Crippen molar-refractivity contribution < 1.29 is 58.5 Å². The molecule has 0 aliphatic carbocycles. The highest BCUT2D eigenvalue weighted by Gasteiger charge is 2.48. The van der Waals surface area contributed by atoms with Crippen LogP contribution in [-0.2, 0) is 23.8 Å². The molecule has 13 heteroatoms. The van der Waals surface area contributed by atoms with Crippen molar-refractivity contribution in [3.63, 3.8) is 0 Å². The summed E-state index contributed by atoms with van der Waals surface area (Å²) in [5.41, 5.74) is 1.09. The second-order valence-corrected chi connectivity index (χ2v) is 11.7. The lowest BCUT2D eigenvalue weighted by Crippen LogP contribution is -2.61. The number of phenols is 3. The zero-order chi connectivity index (χ0) is 36.8. The molecule has 266 valence electrons. The highest BCUT2D eigenvalue weighted by atomic mass is 16.7. The van der Waals surface area contributed by atoms with Crippen molar-refractivity contribution in [3.8, 4) is 34.3 Å². The summed E-state index contributed by atoms with van der Waals surface area (Å²) in [6.07, 6.45) is -3.09. The number of esters is 2. The van der Waals surface area contributed by atoms with Gasteiger partial charge in [-0.15, -0.1) is 0 Å². The Morgan fingerprint density at radius 1 is 0.750 bits per heavy atom. The van der Waals surface area contributed by atoms with E-state index in [-0.39, 0.29) is 34.0 Å². The molecule has 1 aromatic heterocycles. The van der Waals surface area contributed by atoms with Crippen LogP contribution in [0.4, 0.5) is 0 Å². The molecule has 5 aromatic rings. The van der Waals surface area contributed by atoms with Crippen molar-refractivity contribution in [1.82, 2.24) is 0 Å². The van der Waals surface area contributed by atoms with Gasteiger partial charge in [-0.1, -0.05) is 42.5 Å². The molecule has 1 aliphatic heterocycles. The van der Waals surface area contributed by atoms with Crippen LogP contribution in [0, 0.1) is 0 Å². The van der Waals surface area contributed by atoms with Crippen molar-refractivity contribution in [2.24, 2.45) is 0 Å². The highest BCUT2D eigenvalue weighted by molar-refractivity contribution is 5.88. The van der Waals surface area contributed by atoms with E-state index in [1.165, 1.54) is 66.8 Å². The maximum Gasteiger partial charge on any atom is 0.331 e. The fourth-order valence-corrected chi connectivity index (χ4v) is 5.35. The molecular weight excluding hydrogens is 676 g/mol. The van der Waals surface area contributed by atoms with E-state index < -0.39 is 60.4 Å². The van der Waals surface area contributed by atoms with E-state index in [1.807, 2.05) is 6.07 Å². The lowest BCUT2D eigenvalue weighted by Gasteiger charge is -2.41. The number of rotatable bonds is 10. The predicted octanol–water partition coefficient (Wildman–Crippen LogP) is 4.28. The topological polar surface area (TPSA) is 202 Å². The Morgan fingerprint density at radius 2 is 1.38 bits per heavy atom. The summed E-state index contributed by atoms with van der Waals surface area (Å²) in [4.78, 5) is 38.3. The number of ether oxygens (including phenoxy) is 4. The van der Waals surface area contributed by atoms with Gasteiger partial charge in [0.15, 0.2) is 17.6 Å². The summed E-state index contributed by atoms with van der Waals surface area (Å²) < 4.78 is 28.3. The first-order valence-electron chi connectivity index (χ1n) is 15.9. The van der Waals surface area contributed by atoms with Crippen LogP contribution in [0.1, 0.15) is 11.1 Å². The van der Waals surface area contributed by atoms with Crippen molar-refractivity contribution in [1.29, 1.82) is 0 Å². The predicted molar refractivity (Wildman–Crippen MR) is 186 cm³/mol. The van der Waals surface area contributed by atoms with Crippen molar-refractivity contribution in [2.75, 3.05) is 6.61 Å². The Balaban J connectivity index is 1.25. The van der Waals surface area contributed by atoms with Gasteiger partial charge in [-0.2, -0.15) is 0 Å². The molecule has 0 spiro atoms. The molecular formula is C39H32O13. The van der Waals surface area contributed by atoms with E-state index in [4.69, 9.17) is 23.4 Å². The second-order valence-electron chi connectivity index (χ2n) is 11.7. The quantitative estimate of drug-likeness (QED) is 0.102. The van der Waals surface area contributed by atoms with Gasteiger partial charge in [0.25, 0.3) is 0 Å². The third-order valence-electron chi connectivity index (χ3n) is 7.99. The number of carbonyl (C=O) groups is 2. The summed E-state index contributed by atoms with van der Waals surface area (Å²) in [5, 5.41) is 52.2. The molecule has 0 bridgehead atoms. The standard InChI is InChI=1S/C39H32O13/c40-25-12-6-23(7-13-25)9-17-34(45)52-38-36(46)32(21-48-33(44)16-8-22-4-2-1-3-5-22)51-39(37(38)47)49-27-18-28(42)35-29(43)20-30(50-31(35)19-27)24-10-14-26(41)15-11-24/h1-20,32,36-42,46-47H,21H2/b16-8+,17-9+/t32-,36-,37-,38+,39-/m1/s1. The van der Waals surface area contributed by atoms with Gasteiger partial charge in [0.1, 0.15) is 58.5 Å². The van der Waals surface area contributed by atoms with E-state index in [2.05, 4.69) is 0 Å². The Labute approximate surface area is 295 Å². The van der Waals surface area contributed by atoms with Gasteiger partial charge in [-0.25, -0.2) is 9.59 Å². The van der Waals surface area contributed by atoms with Crippen molar-refractivity contribution in [2.45, 2.75) is 30.7 Å². The molecule has 1 fully saturated rings. The van der Waals surface area contributed by atoms with Crippen molar-refractivity contribution >= 4 is 35.1 Å². The number of aromatic hydroxyl groups is 3. The first kappa shape index (κ1) is 35.4. The molecule has 0 amide bonds. The summed E-state index contributed by atoms with van der Waals surface area (Å²) in [7, 11) is 0. The number of hydrogen-bond donors (Lipinski definition) is 5. The smallest absolute Gasteiger partial charge is 0.331 e. The Hall–Kier alpha value is -6.41. The van der Waals surface area contributed by atoms with E-state index in [9.17, 15) is 39.9 Å². The number of aliphatic hydroxyl groups is 2. The maximum atomic E-state index is 12.9. The lowest BCUT2D eigenvalue weighted by molar-refractivity contribution is -0.281. The molecule has 0 saturated carbocycles. The first-order chi connectivity index (χ1) is 25.0. The minimum atomic E-state index is -1.82. The minimum absolute atomic E-state index is 0.00504. The molecule has 2 heterocycles. The molecule has 0 radical (unpaired) electrons. The van der Waals surface area contributed by atoms with Gasteiger partial charge in [0.2, 0.25) is 6.29 Å². The molecule has 52 heavy (non-hydrogen) atoms. The molecule has 5 N–H and O–H groups in total. The van der Waals surface area contributed by atoms with E-state index in [0.717, 1.165) is 17.7 Å². The van der Waals surface area contributed by atoms with E-state index in [0.29, 0.717) is 11.1 Å². The number of hydrogen-bond acceptors (Lipinski definition) is 13. The Bertz CT molecular complexity index is 2160. The number of fused-ring (bicyclic) bond motifs is 1. The number of aliphatic hydroxyl groups excluding tert-OH is 2. The van der Waals surface area contributed by atoms with Crippen LogP contribution in [0.15, 0.2) is 118 Å². The van der Waals surface area contributed by atoms with Crippen LogP contribution in [0.5, 0.6) is 23.0 Å². The molecule has 5 atom stereocenters. The van der Waals surface area contributed by atoms with Gasteiger partial charge < -0.3 is 48.9 Å². The average molecular weight is 709 g/mol. The molecule has 1 saturated heterocycles. The maximum absolute atomic E-state index is 12.9. The van der Waals surface area contributed by atoms with Crippen molar-refractivity contribution in [3.05, 3.63) is 131 Å². The van der Waals surface area contributed by atoms with Gasteiger partial charge >= 0.3 is 11.9 Å². The van der Waals surface area contributed by atoms with Gasteiger partial charge in [0.05, 0.1) is 0 Å². The lowest BCUT2D eigenvalue weighted by atomic mass is 9.99. The van der Waals surface area contributed by atoms with Gasteiger partial charge in [-0.05, 0) is 59.7 Å². The minimum Gasteiger partial charge on any atom is -0.508 e. The van der Waals surface area contributed by atoms with Gasteiger partial charge in [0, 0.05) is 35.9 Å². The van der Waals surface area contributed by atoms with Crippen LogP contribution in [0.3, 0.4) is 0 Å². The third-order valence-corrected chi connectivity index (χ3v) is 7.99. The summed E-state index contributed by atoms with van der Waals surface area (Å²) in [5.74, 6) is -2.22. The van der Waals surface area contributed by atoms with Crippen LogP contribution < -0.4 is 10.2 Å². The van der Waals surface area contributed by atoms with E-state index >= 15 is 0 Å².